The Bertz CT molecular complexity index is 675. The summed E-state index contributed by atoms with van der Waals surface area (Å²) in [7, 11) is 0. The maximum Gasteiger partial charge on any atom is 0.126 e. The van der Waals surface area contributed by atoms with E-state index in [4.69, 9.17) is 5.73 Å². The van der Waals surface area contributed by atoms with Gasteiger partial charge in [0.2, 0.25) is 0 Å². The highest BCUT2D eigenvalue weighted by molar-refractivity contribution is 7.18. The molecule has 0 saturated carbocycles. The molecule has 0 saturated heterocycles. The van der Waals surface area contributed by atoms with Crippen molar-refractivity contribution in [1.82, 2.24) is 4.98 Å². The zero-order valence-corrected chi connectivity index (χ0v) is 11.0. The number of nitrogens with two attached hydrogens (primary N) is 1. The first-order valence-electron chi connectivity index (χ1n) is 6.08. The minimum absolute atomic E-state index is 0.209. The third kappa shape index (κ3) is 2.50. The Morgan fingerprint density at radius 2 is 1.84 bits per heavy atom. The normalized spacial score (nSPS) is 12.7. The number of halogens is 1. The summed E-state index contributed by atoms with van der Waals surface area (Å²) >= 11 is 1.57. The molecule has 0 aliphatic carbocycles. The zero-order valence-electron chi connectivity index (χ0n) is 10.2. The molecule has 0 aliphatic heterocycles. The van der Waals surface area contributed by atoms with Gasteiger partial charge in [-0.15, -0.1) is 11.3 Å². The quantitative estimate of drug-likeness (QED) is 0.790. The van der Waals surface area contributed by atoms with E-state index < -0.39 is 0 Å². The minimum Gasteiger partial charge on any atom is -0.322 e. The van der Waals surface area contributed by atoms with Gasteiger partial charge in [-0.05, 0) is 30.2 Å². The molecule has 4 heteroatoms. The van der Waals surface area contributed by atoms with Crippen molar-refractivity contribution >= 4 is 21.6 Å². The molecular formula is C15H13FN2S. The number of nitrogens with zero attached hydrogens (tertiary/aromatic N) is 1. The summed E-state index contributed by atoms with van der Waals surface area (Å²) < 4.78 is 14.7. The standard InChI is InChI=1S/C15H13FN2S/c16-11-6-2-1-5-10(11)9-12(17)15-18-13-7-3-4-8-14(13)19-15/h1-8,12H,9,17H2. The number of aromatic nitrogens is 1. The molecule has 1 atom stereocenters. The molecule has 2 nitrogen and oxygen atoms in total. The molecule has 0 radical (unpaired) electrons. The Balaban J connectivity index is 1.87. The molecule has 0 spiro atoms. The van der Waals surface area contributed by atoms with Crippen molar-refractivity contribution in [3.63, 3.8) is 0 Å². The van der Waals surface area contributed by atoms with Gasteiger partial charge in [-0.25, -0.2) is 9.37 Å². The predicted molar refractivity (Wildman–Crippen MR) is 76.7 cm³/mol. The van der Waals surface area contributed by atoms with Gasteiger partial charge in [0, 0.05) is 0 Å². The van der Waals surface area contributed by atoms with Crippen LogP contribution in [-0.2, 0) is 6.42 Å². The number of rotatable bonds is 3. The Hall–Kier alpha value is -1.78. The van der Waals surface area contributed by atoms with E-state index in [1.54, 1.807) is 23.5 Å². The summed E-state index contributed by atoms with van der Waals surface area (Å²) in [5, 5.41) is 0.851. The van der Waals surface area contributed by atoms with Crippen molar-refractivity contribution in [2.24, 2.45) is 5.73 Å². The van der Waals surface area contributed by atoms with E-state index in [-0.39, 0.29) is 11.9 Å². The molecule has 3 aromatic rings. The van der Waals surface area contributed by atoms with E-state index in [0.717, 1.165) is 15.2 Å². The van der Waals surface area contributed by atoms with Crippen molar-refractivity contribution in [3.05, 3.63) is 64.9 Å². The third-order valence-corrected chi connectivity index (χ3v) is 4.19. The fourth-order valence-electron chi connectivity index (χ4n) is 2.04. The van der Waals surface area contributed by atoms with Gasteiger partial charge in [0.15, 0.2) is 0 Å². The molecule has 1 heterocycles. The summed E-state index contributed by atoms with van der Waals surface area (Å²) in [5.74, 6) is -0.209. The van der Waals surface area contributed by atoms with Crippen LogP contribution in [0.2, 0.25) is 0 Å². The van der Waals surface area contributed by atoms with Crippen LogP contribution >= 0.6 is 11.3 Å². The Morgan fingerprint density at radius 3 is 2.63 bits per heavy atom. The summed E-state index contributed by atoms with van der Waals surface area (Å²) in [6, 6.07) is 14.4. The molecule has 0 fully saturated rings. The van der Waals surface area contributed by atoms with E-state index in [1.807, 2.05) is 30.3 Å². The second-order valence-corrected chi connectivity index (χ2v) is 5.48. The van der Waals surface area contributed by atoms with Gasteiger partial charge in [-0.1, -0.05) is 30.3 Å². The first kappa shape index (κ1) is 12.3. The van der Waals surface area contributed by atoms with Crippen LogP contribution in [-0.4, -0.2) is 4.98 Å². The van der Waals surface area contributed by atoms with E-state index in [2.05, 4.69) is 4.98 Å². The van der Waals surface area contributed by atoms with Gasteiger partial charge in [0.1, 0.15) is 10.8 Å². The van der Waals surface area contributed by atoms with E-state index in [9.17, 15) is 4.39 Å². The predicted octanol–water partition coefficient (Wildman–Crippen LogP) is 3.68. The molecule has 1 unspecified atom stereocenters. The SMILES string of the molecule is NC(Cc1ccccc1F)c1nc2ccccc2s1. The lowest BCUT2D eigenvalue weighted by Crippen LogP contribution is -2.13. The molecule has 0 bridgehead atoms. The van der Waals surface area contributed by atoms with Crippen molar-refractivity contribution in [1.29, 1.82) is 0 Å². The highest BCUT2D eigenvalue weighted by atomic mass is 32.1. The van der Waals surface area contributed by atoms with E-state index in [1.165, 1.54) is 6.07 Å². The maximum absolute atomic E-state index is 13.6. The molecule has 96 valence electrons. The van der Waals surface area contributed by atoms with Gasteiger partial charge in [0.05, 0.1) is 16.3 Å². The van der Waals surface area contributed by atoms with Gasteiger partial charge < -0.3 is 5.73 Å². The smallest absolute Gasteiger partial charge is 0.126 e. The molecular weight excluding hydrogens is 259 g/mol. The minimum atomic E-state index is -0.269. The van der Waals surface area contributed by atoms with Crippen LogP contribution in [0.25, 0.3) is 10.2 Å². The number of hydrogen-bond donors (Lipinski definition) is 1. The number of hydrogen-bond acceptors (Lipinski definition) is 3. The van der Waals surface area contributed by atoms with Crippen LogP contribution in [0.1, 0.15) is 16.6 Å². The monoisotopic (exact) mass is 272 g/mol. The number of thiazole rings is 1. The molecule has 19 heavy (non-hydrogen) atoms. The van der Waals surface area contributed by atoms with Gasteiger partial charge in [-0.3, -0.25) is 0 Å². The lowest BCUT2D eigenvalue weighted by molar-refractivity contribution is 0.593. The fourth-order valence-corrected chi connectivity index (χ4v) is 3.01. The maximum atomic E-state index is 13.6. The first-order valence-corrected chi connectivity index (χ1v) is 6.90. The fraction of sp³-hybridized carbons (Fsp3) is 0.133. The van der Waals surface area contributed by atoms with Crippen LogP contribution in [0.3, 0.4) is 0 Å². The second-order valence-electron chi connectivity index (χ2n) is 4.42. The highest BCUT2D eigenvalue weighted by Gasteiger charge is 2.14. The molecule has 2 N–H and O–H groups in total. The number of para-hydroxylation sites is 1. The largest absolute Gasteiger partial charge is 0.322 e. The van der Waals surface area contributed by atoms with Crippen molar-refractivity contribution in [3.8, 4) is 0 Å². The van der Waals surface area contributed by atoms with Gasteiger partial charge in [0.25, 0.3) is 0 Å². The third-order valence-electron chi connectivity index (χ3n) is 3.03. The number of fused-ring (bicyclic) bond motifs is 1. The van der Waals surface area contributed by atoms with Crippen molar-refractivity contribution in [2.75, 3.05) is 0 Å². The van der Waals surface area contributed by atoms with Crippen LogP contribution in [0.4, 0.5) is 4.39 Å². The van der Waals surface area contributed by atoms with Gasteiger partial charge in [-0.2, -0.15) is 0 Å². The van der Waals surface area contributed by atoms with E-state index >= 15 is 0 Å². The van der Waals surface area contributed by atoms with Crippen molar-refractivity contribution in [2.45, 2.75) is 12.5 Å². The molecule has 1 aromatic heterocycles. The Labute approximate surface area is 114 Å². The van der Waals surface area contributed by atoms with Crippen molar-refractivity contribution < 1.29 is 4.39 Å². The van der Waals surface area contributed by atoms with Crippen LogP contribution < -0.4 is 5.73 Å². The molecule has 3 rings (SSSR count). The molecule has 0 aliphatic rings. The Kier molecular flexibility index (Phi) is 3.27. The van der Waals surface area contributed by atoms with Crippen LogP contribution in [0, 0.1) is 5.82 Å². The van der Waals surface area contributed by atoms with E-state index in [0.29, 0.717) is 12.0 Å². The first-order chi connectivity index (χ1) is 9.24. The highest BCUT2D eigenvalue weighted by Crippen LogP contribution is 2.27. The van der Waals surface area contributed by atoms with Gasteiger partial charge >= 0.3 is 0 Å². The topological polar surface area (TPSA) is 38.9 Å². The molecule has 2 aromatic carbocycles. The lowest BCUT2D eigenvalue weighted by Gasteiger charge is -2.08. The summed E-state index contributed by atoms with van der Waals surface area (Å²) in [6.07, 6.45) is 0.465. The lowest BCUT2D eigenvalue weighted by atomic mass is 10.1. The van der Waals surface area contributed by atoms with Crippen LogP contribution in [0.15, 0.2) is 48.5 Å². The number of benzene rings is 2. The zero-order chi connectivity index (χ0) is 13.2. The Morgan fingerprint density at radius 1 is 1.11 bits per heavy atom. The summed E-state index contributed by atoms with van der Waals surface area (Å²) in [4.78, 5) is 4.51. The average Bonchev–Trinajstić information content (AvgIpc) is 2.85. The average molecular weight is 272 g/mol. The second kappa shape index (κ2) is 5.07. The summed E-state index contributed by atoms with van der Waals surface area (Å²) in [6.45, 7) is 0. The summed E-state index contributed by atoms with van der Waals surface area (Å²) in [5.41, 5.74) is 7.73. The van der Waals surface area contributed by atoms with Crippen LogP contribution in [0.5, 0.6) is 0 Å². The molecule has 0 amide bonds.